The van der Waals surface area contributed by atoms with Crippen molar-refractivity contribution in [3.8, 4) is 0 Å². The zero-order valence-corrected chi connectivity index (χ0v) is 12.7. The average molecular weight is 376 g/mol. The first-order valence-electron chi connectivity index (χ1n) is 4.96. The molecule has 0 amide bonds. The van der Waals surface area contributed by atoms with Crippen LogP contribution in [-0.4, -0.2) is 4.98 Å². The van der Waals surface area contributed by atoms with E-state index >= 15 is 0 Å². The molecule has 0 saturated heterocycles. The highest BCUT2D eigenvalue weighted by atomic mass is 79.9. The zero-order chi connectivity index (χ0) is 12.3. The molecule has 1 heterocycles. The highest BCUT2D eigenvalue weighted by Gasteiger charge is 2.03. The Labute approximate surface area is 122 Å². The lowest BCUT2D eigenvalue weighted by Crippen LogP contribution is -2.02. The monoisotopic (exact) mass is 374 g/mol. The van der Waals surface area contributed by atoms with Gasteiger partial charge in [0.2, 0.25) is 0 Å². The summed E-state index contributed by atoms with van der Waals surface area (Å²) in [6.45, 7) is 0.651. The Kier molecular flexibility index (Phi) is 4.42. The van der Waals surface area contributed by atoms with E-state index in [1.54, 1.807) is 0 Å². The minimum absolute atomic E-state index is 0.651. The van der Waals surface area contributed by atoms with Crippen LogP contribution < -0.4 is 5.32 Å². The second-order valence-electron chi connectivity index (χ2n) is 3.41. The Balaban J connectivity index is 2.10. The third kappa shape index (κ3) is 3.44. The summed E-state index contributed by atoms with van der Waals surface area (Å²) in [4.78, 5) is 4.35. The lowest BCUT2D eigenvalue weighted by atomic mass is 10.3. The lowest BCUT2D eigenvalue weighted by molar-refractivity contribution is 1.03. The quantitative estimate of drug-likeness (QED) is 0.773. The summed E-state index contributed by atoms with van der Waals surface area (Å²) in [6.07, 6.45) is 0. The maximum Gasteiger partial charge on any atom is 0.106 e. The van der Waals surface area contributed by atoms with Gasteiger partial charge < -0.3 is 5.32 Å². The second kappa shape index (κ2) is 5.85. The molecule has 5 heteroatoms. The van der Waals surface area contributed by atoms with Crippen molar-refractivity contribution < 1.29 is 0 Å². The Morgan fingerprint density at radius 3 is 2.65 bits per heavy atom. The summed E-state index contributed by atoms with van der Waals surface area (Å²) in [5.74, 6) is 0. The van der Waals surface area contributed by atoms with E-state index in [1.807, 2.05) is 36.4 Å². The summed E-state index contributed by atoms with van der Waals surface area (Å²) in [7, 11) is 0. The minimum Gasteiger partial charge on any atom is -0.378 e. The normalized spacial score (nSPS) is 10.3. The van der Waals surface area contributed by atoms with Crippen LogP contribution in [0.15, 0.2) is 45.5 Å². The van der Waals surface area contributed by atoms with E-state index in [2.05, 4.69) is 42.2 Å². The molecule has 0 aliphatic carbocycles. The fourth-order valence-electron chi connectivity index (χ4n) is 1.37. The van der Waals surface area contributed by atoms with Crippen LogP contribution in [0.25, 0.3) is 0 Å². The number of pyridine rings is 1. The molecule has 1 aromatic heterocycles. The Morgan fingerprint density at radius 1 is 1.12 bits per heavy atom. The van der Waals surface area contributed by atoms with Gasteiger partial charge in [0.1, 0.15) is 4.60 Å². The third-order valence-electron chi connectivity index (χ3n) is 2.18. The van der Waals surface area contributed by atoms with Crippen LogP contribution >= 0.6 is 43.5 Å². The molecular formula is C12H9Br2ClN2. The first-order chi connectivity index (χ1) is 8.16. The van der Waals surface area contributed by atoms with Crippen molar-refractivity contribution in [2.24, 2.45) is 0 Å². The van der Waals surface area contributed by atoms with Crippen molar-refractivity contribution in [3.63, 3.8) is 0 Å². The topological polar surface area (TPSA) is 24.9 Å². The van der Waals surface area contributed by atoms with Gasteiger partial charge >= 0.3 is 0 Å². The minimum atomic E-state index is 0.651. The number of anilines is 1. The standard InChI is InChI=1S/C12H9Br2ClN2/c13-11-6-1-3-8(17-11)7-16-10-5-2-4-9(15)12(10)14/h1-6,16H,7H2. The number of halogens is 3. The molecule has 0 unspecified atom stereocenters. The van der Waals surface area contributed by atoms with Crippen LogP contribution in [0.3, 0.4) is 0 Å². The molecule has 2 rings (SSSR count). The fraction of sp³-hybridized carbons (Fsp3) is 0.0833. The number of benzene rings is 1. The summed E-state index contributed by atoms with van der Waals surface area (Å²) in [5, 5.41) is 3.97. The maximum absolute atomic E-state index is 6.01. The molecule has 0 saturated carbocycles. The summed E-state index contributed by atoms with van der Waals surface area (Å²) in [5.41, 5.74) is 1.92. The van der Waals surface area contributed by atoms with Crippen LogP contribution in [0.4, 0.5) is 5.69 Å². The maximum atomic E-state index is 6.01. The van der Waals surface area contributed by atoms with E-state index in [0.29, 0.717) is 11.6 Å². The van der Waals surface area contributed by atoms with Crippen molar-refractivity contribution in [1.29, 1.82) is 0 Å². The highest BCUT2D eigenvalue weighted by molar-refractivity contribution is 9.10. The van der Waals surface area contributed by atoms with E-state index in [0.717, 1.165) is 20.5 Å². The van der Waals surface area contributed by atoms with E-state index in [-0.39, 0.29) is 0 Å². The smallest absolute Gasteiger partial charge is 0.106 e. The van der Waals surface area contributed by atoms with E-state index in [4.69, 9.17) is 11.6 Å². The Hall–Kier alpha value is -0.580. The van der Waals surface area contributed by atoms with Gasteiger partial charge in [0.05, 0.1) is 27.4 Å². The van der Waals surface area contributed by atoms with Gasteiger partial charge in [0.25, 0.3) is 0 Å². The van der Waals surface area contributed by atoms with Crippen molar-refractivity contribution in [3.05, 3.63) is 56.2 Å². The van der Waals surface area contributed by atoms with Gasteiger partial charge in [-0.15, -0.1) is 0 Å². The van der Waals surface area contributed by atoms with Crippen LogP contribution in [0.2, 0.25) is 5.02 Å². The molecule has 0 spiro atoms. The van der Waals surface area contributed by atoms with Gasteiger partial charge in [-0.1, -0.05) is 23.7 Å². The number of nitrogens with zero attached hydrogens (tertiary/aromatic N) is 1. The molecule has 0 bridgehead atoms. The number of hydrogen-bond acceptors (Lipinski definition) is 2. The van der Waals surface area contributed by atoms with Gasteiger partial charge in [-0.2, -0.15) is 0 Å². The average Bonchev–Trinajstić information content (AvgIpc) is 2.31. The van der Waals surface area contributed by atoms with Crippen LogP contribution in [0.1, 0.15) is 5.69 Å². The van der Waals surface area contributed by atoms with E-state index in [1.165, 1.54) is 0 Å². The molecule has 0 fully saturated rings. The van der Waals surface area contributed by atoms with Gasteiger partial charge in [0.15, 0.2) is 0 Å². The first kappa shape index (κ1) is 12.9. The van der Waals surface area contributed by atoms with Crippen molar-refractivity contribution >= 4 is 49.1 Å². The molecule has 2 nitrogen and oxygen atoms in total. The molecule has 1 aromatic carbocycles. The molecule has 17 heavy (non-hydrogen) atoms. The SMILES string of the molecule is Clc1cccc(NCc2cccc(Br)n2)c1Br. The largest absolute Gasteiger partial charge is 0.378 e. The highest BCUT2D eigenvalue weighted by Crippen LogP contribution is 2.30. The number of aromatic nitrogens is 1. The molecule has 1 N–H and O–H groups in total. The molecule has 0 atom stereocenters. The van der Waals surface area contributed by atoms with E-state index < -0.39 is 0 Å². The number of hydrogen-bond donors (Lipinski definition) is 1. The van der Waals surface area contributed by atoms with Crippen LogP contribution in [0, 0.1) is 0 Å². The van der Waals surface area contributed by atoms with Crippen LogP contribution in [0.5, 0.6) is 0 Å². The second-order valence-corrected chi connectivity index (χ2v) is 5.42. The number of rotatable bonds is 3. The molecular weight excluding hydrogens is 367 g/mol. The molecule has 0 radical (unpaired) electrons. The fourth-order valence-corrected chi connectivity index (χ4v) is 2.33. The zero-order valence-electron chi connectivity index (χ0n) is 8.75. The first-order valence-corrected chi connectivity index (χ1v) is 6.92. The Morgan fingerprint density at radius 2 is 1.88 bits per heavy atom. The Bertz CT molecular complexity index is 532. The van der Waals surface area contributed by atoms with Gasteiger partial charge in [-0.25, -0.2) is 4.98 Å². The van der Waals surface area contributed by atoms with Gasteiger partial charge in [-0.05, 0) is 56.1 Å². The van der Waals surface area contributed by atoms with Crippen LogP contribution in [-0.2, 0) is 6.54 Å². The molecule has 0 aliphatic heterocycles. The van der Waals surface area contributed by atoms with Gasteiger partial charge in [-0.3, -0.25) is 0 Å². The molecule has 88 valence electrons. The molecule has 0 aliphatic rings. The van der Waals surface area contributed by atoms with Crippen molar-refractivity contribution in [2.75, 3.05) is 5.32 Å². The summed E-state index contributed by atoms with van der Waals surface area (Å²) >= 11 is 12.8. The number of nitrogens with one attached hydrogen (secondary N) is 1. The predicted molar refractivity (Wildman–Crippen MR) is 78.4 cm³/mol. The van der Waals surface area contributed by atoms with E-state index in [9.17, 15) is 0 Å². The van der Waals surface area contributed by atoms with Crippen molar-refractivity contribution in [2.45, 2.75) is 6.54 Å². The summed E-state index contributed by atoms with van der Waals surface area (Å²) in [6, 6.07) is 11.5. The predicted octanol–water partition coefficient (Wildman–Crippen LogP) is 4.87. The van der Waals surface area contributed by atoms with Gasteiger partial charge in [0, 0.05) is 0 Å². The molecule has 2 aromatic rings. The summed E-state index contributed by atoms with van der Waals surface area (Å²) < 4.78 is 1.71. The third-order valence-corrected chi connectivity index (χ3v) is 4.02. The lowest BCUT2D eigenvalue weighted by Gasteiger charge is -2.09. The van der Waals surface area contributed by atoms with Crippen molar-refractivity contribution in [1.82, 2.24) is 4.98 Å².